The van der Waals surface area contributed by atoms with Crippen molar-refractivity contribution in [1.29, 1.82) is 0 Å². The number of furan rings is 1. The number of hydrogen-bond acceptors (Lipinski definition) is 4. The summed E-state index contributed by atoms with van der Waals surface area (Å²) in [4.78, 5) is 23.4. The monoisotopic (exact) mass is 354 g/mol. The lowest BCUT2D eigenvalue weighted by molar-refractivity contribution is 0.0984. The Bertz CT molecular complexity index is 938. The second-order valence-electron chi connectivity index (χ2n) is 5.38. The topological polar surface area (TPSA) is 94.6 Å². The lowest BCUT2D eigenvalue weighted by Crippen LogP contribution is -2.15. The van der Waals surface area contributed by atoms with Crippen molar-refractivity contribution in [2.45, 2.75) is 6.61 Å². The number of para-hydroxylation sites is 1. The first-order valence-corrected chi connectivity index (χ1v) is 7.70. The molecule has 2 aromatic carbocycles. The van der Waals surface area contributed by atoms with E-state index in [0.29, 0.717) is 11.5 Å². The molecule has 0 bridgehead atoms. The fourth-order valence-corrected chi connectivity index (χ4v) is 2.23. The van der Waals surface area contributed by atoms with Gasteiger partial charge in [-0.05, 0) is 42.5 Å². The Morgan fingerprint density at radius 3 is 2.58 bits per heavy atom. The molecular formula is C19H15FN2O4. The predicted molar refractivity (Wildman–Crippen MR) is 92.4 cm³/mol. The van der Waals surface area contributed by atoms with E-state index in [2.05, 4.69) is 5.32 Å². The van der Waals surface area contributed by atoms with Crippen LogP contribution in [0.25, 0.3) is 0 Å². The van der Waals surface area contributed by atoms with Gasteiger partial charge in [0.15, 0.2) is 5.76 Å². The smallest absolute Gasteiger partial charge is 0.291 e. The molecule has 2 amide bonds. The molecule has 0 unspecified atom stereocenters. The third kappa shape index (κ3) is 4.07. The minimum atomic E-state index is -0.919. The van der Waals surface area contributed by atoms with Gasteiger partial charge >= 0.3 is 0 Å². The molecule has 0 radical (unpaired) electrons. The van der Waals surface area contributed by atoms with Gasteiger partial charge in [0.1, 0.15) is 23.9 Å². The maximum Gasteiger partial charge on any atom is 0.291 e. The molecule has 1 aromatic heterocycles. The Hall–Kier alpha value is -3.61. The zero-order valence-corrected chi connectivity index (χ0v) is 13.6. The number of benzene rings is 2. The van der Waals surface area contributed by atoms with Crippen LogP contribution < -0.4 is 15.8 Å². The number of rotatable bonds is 6. The minimum absolute atomic E-state index is 0.0570. The molecule has 132 valence electrons. The van der Waals surface area contributed by atoms with E-state index in [1.54, 1.807) is 18.2 Å². The molecule has 7 heteroatoms. The van der Waals surface area contributed by atoms with Gasteiger partial charge in [0.25, 0.3) is 11.8 Å². The first-order chi connectivity index (χ1) is 12.5. The Morgan fingerprint density at radius 2 is 1.85 bits per heavy atom. The molecule has 3 aromatic rings. The van der Waals surface area contributed by atoms with Crippen molar-refractivity contribution in [3.8, 4) is 5.75 Å². The number of ether oxygens (including phenoxy) is 1. The molecule has 0 aliphatic carbocycles. The standard InChI is InChI=1S/C19H15FN2O4/c20-16-8-6-12(10-15(16)18(21)23)22-19(24)17-9-7-14(26-17)11-25-13-4-2-1-3-5-13/h1-10H,11H2,(H2,21,23)(H,22,24). The predicted octanol–water partition coefficient (Wildman–Crippen LogP) is 3.35. The van der Waals surface area contributed by atoms with Gasteiger partial charge in [0.05, 0.1) is 5.56 Å². The van der Waals surface area contributed by atoms with Gasteiger partial charge in [-0.3, -0.25) is 9.59 Å². The van der Waals surface area contributed by atoms with E-state index in [1.165, 1.54) is 12.1 Å². The fourth-order valence-electron chi connectivity index (χ4n) is 2.23. The van der Waals surface area contributed by atoms with Gasteiger partial charge < -0.3 is 20.2 Å². The zero-order chi connectivity index (χ0) is 18.5. The second-order valence-corrected chi connectivity index (χ2v) is 5.38. The van der Waals surface area contributed by atoms with E-state index in [4.69, 9.17) is 14.9 Å². The summed E-state index contributed by atoms with van der Waals surface area (Å²) >= 11 is 0. The number of halogens is 1. The van der Waals surface area contributed by atoms with Crippen molar-refractivity contribution in [3.05, 3.63) is 83.6 Å². The van der Waals surface area contributed by atoms with Gasteiger partial charge in [0, 0.05) is 5.69 Å². The average molecular weight is 354 g/mol. The summed E-state index contributed by atoms with van der Waals surface area (Å²) in [5.74, 6) is -1.01. The first kappa shape index (κ1) is 17.2. The highest BCUT2D eigenvalue weighted by atomic mass is 19.1. The molecule has 0 spiro atoms. The van der Waals surface area contributed by atoms with Gasteiger partial charge in [-0.1, -0.05) is 18.2 Å². The largest absolute Gasteiger partial charge is 0.486 e. The van der Waals surface area contributed by atoms with Crippen molar-refractivity contribution >= 4 is 17.5 Å². The normalized spacial score (nSPS) is 10.3. The maximum absolute atomic E-state index is 13.5. The van der Waals surface area contributed by atoms with Gasteiger partial charge in [-0.2, -0.15) is 0 Å². The van der Waals surface area contributed by atoms with Crippen LogP contribution in [0.3, 0.4) is 0 Å². The van der Waals surface area contributed by atoms with Crippen molar-refractivity contribution in [3.63, 3.8) is 0 Å². The Balaban J connectivity index is 1.65. The molecule has 0 atom stereocenters. The van der Waals surface area contributed by atoms with Crippen LogP contribution in [0, 0.1) is 5.82 Å². The van der Waals surface area contributed by atoms with Crippen molar-refractivity contribution in [2.24, 2.45) is 5.73 Å². The number of primary amides is 1. The molecule has 0 fully saturated rings. The summed E-state index contributed by atoms with van der Waals surface area (Å²) in [5.41, 5.74) is 5.01. The molecule has 1 heterocycles. The average Bonchev–Trinajstić information content (AvgIpc) is 3.11. The van der Waals surface area contributed by atoms with E-state index in [1.807, 2.05) is 18.2 Å². The SMILES string of the molecule is NC(=O)c1cc(NC(=O)c2ccc(COc3ccccc3)o2)ccc1F. The van der Waals surface area contributed by atoms with E-state index >= 15 is 0 Å². The molecule has 26 heavy (non-hydrogen) atoms. The highest BCUT2D eigenvalue weighted by Crippen LogP contribution is 2.17. The van der Waals surface area contributed by atoms with Crippen LogP contribution in [0.2, 0.25) is 0 Å². The van der Waals surface area contributed by atoms with Crippen LogP contribution in [0.5, 0.6) is 5.75 Å². The highest BCUT2D eigenvalue weighted by Gasteiger charge is 2.14. The summed E-state index contributed by atoms with van der Waals surface area (Å²) in [7, 11) is 0. The molecule has 6 nitrogen and oxygen atoms in total. The highest BCUT2D eigenvalue weighted by molar-refractivity contribution is 6.03. The third-order valence-electron chi connectivity index (χ3n) is 3.50. The number of nitrogens with two attached hydrogens (primary N) is 1. The van der Waals surface area contributed by atoms with Crippen LogP contribution in [-0.4, -0.2) is 11.8 Å². The number of anilines is 1. The molecule has 0 aliphatic heterocycles. The summed E-state index contributed by atoms with van der Waals surface area (Å²) in [6.45, 7) is 0.166. The molecule has 0 saturated carbocycles. The summed E-state index contributed by atoms with van der Waals surface area (Å²) in [6.07, 6.45) is 0. The fraction of sp³-hybridized carbons (Fsp3) is 0.0526. The maximum atomic E-state index is 13.5. The van der Waals surface area contributed by atoms with Crippen molar-refractivity contribution in [2.75, 3.05) is 5.32 Å². The third-order valence-corrected chi connectivity index (χ3v) is 3.50. The van der Waals surface area contributed by atoms with Crippen molar-refractivity contribution < 1.29 is 23.1 Å². The zero-order valence-electron chi connectivity index (χ0n) is 13.6. The van der Waals surface area contributed by atoms with Gasteiger partial charge in [0.2, 0.25) is 0 Å². The van der Waals surface area contributed by atoms with Gasteiger partial charge in [-0.15, -0.1) is 0 Å². The summed E-state index contributed by atoms with van der Waals surface area (Å²) in [6, 6.07) is 15.8. The van der Waals surface area contributed by atoms with Crippen molar-refractivity contribution in [1.82, 2.24) is 0 Å². The van der Waals surface area contributed by atoms with Gasteiger partial charge in [-0.25, -0.2) is 4.39 Å². The Kier molecular flexibility index (Phi) is 4.98. The number of carbonyl (C=O) groups excluding carboxylic acids is 2. The molecule has 3 N–H and O–H groups in total. The number of carbonyl (C=O) groups is 2. The van der Waals surface area contributed by atoms with Crippen LogP contribution in [0.4, 0.5) is 10.1 Å². The number of hydrogen-bond donors (Lipinski definition) is 2. The van der Waals surface area contributed by atoms with E-state index in [-0.39, 0.29) is 23.6 Å². The Morgan fingerprint density at radius 1 is 1.08 bits per heavy atom. The first-order valence-electron chi connectivity index (χ1n) is 7.70. The van der Waals surface area contributed by atoms with Crippen LogP contribution in [-0.2, 0) is 6.61 Å². The van der Waals surface area contributed by atoms with Crippen LogP contribution in [0.15, 0.2) is 65.1 Å². The second kappa shape index (κ2) is 7.52. The lowest BCUT2D eigenvalue weighted by Gasteiger charge is -2.06. The van der Waals surface area contributed by atoms with E-state index in [9.17, 15) is 14.0 Å². The Labute approximate surface area is 148 Å². The molecule has 0 aliphatic rings. The molecular weight excluding hydrogens is 339 g/mol. The summed E-state index contributed by atoms with van der Waals surface area (Å²) in [5, 5.41) is 2.52. The van der Waals surface area contributed by atoms with Crippen LogP contribution >= 0.6 is 0 Å². The van der Waals surface area contributed by atoms with E-state index in [0.717, 1.165) is 12.1 Å². The number of amides is 2. The van der Waals surface area contributed by atoms with E-state index < -0.39 is 17.6 Å². The van der Waals surface area contributed by atoms with Crippen LogP contribution in [0.1, 0.15) is 26.7 Å². The number of nitrogens with one attached hydrogen (secondary N) is 1. The summed E-state index contributed by atoms with van der Waals surface area (Å²) < 4.78 is 24.4. The minimum Gasteiger partial charge on any atom is -0.486 e. The lowest BCUT2D eigenvalue weighted by atomic mass is 10.1. The quantitative estimate of drug-likeness (QED) is 0.710. The molecule has 3 rings (SSSR count). The molecule has 0 saturated heterocycles.